The van der Waals surface area contributed by atoms with Crippen LogP contribution in [-0.2, 0) is 0 Å². The maximum atomic E-state index is 13.4. The molecule has 0 saturated heterocycles. The van der Waals surface area contributed by atoms with E-state index in [1.54, 1.807) is 18.2 Å². The van der Waals surface area contributed by atoms with Gasteiger partial charge in [0.1, 0.15) is 5.82 Å². The predicted octanol–water partition coefficient (Wildman–Crippen LogP) is 3.96. The molecule has 94 valence electrons. The van der Waals surface area contributed by atoms with E-state index in [1.807, 2.05) is 31.2 Å². The quantitative estimate of drug-likeness (QED) is 0.842. The molecule has 1 nitrogen and oxygen atoms in total. The van der Waals surface area contributed by atoms with Crippen molar-refractivity contribution < 1.29 is 9.50 Å². The molecule has 1 unspecified atom stereocenters. The minimum atomic E-state index is -0.574. The van der Waals surface area contributed by atoms with Gasteiger partial charge < -0.3 is 5.11 Å². The van der Waals surface area contributed by atoms with E-state index in [2.05, 4.69) is 0 Å². The fraction of sp³-hybridized carbons (Fsp3) is 0.200. The summed E-state index contributed by atoms with van der Waals surface area (Å²) < 4.78 is 13.4. The van der Waals surface area contributed by atoms with Crippen molar-refractivity contribution in [2.45, 2.75) is 17.9 Å². The first-order chi connectivity index (χ1) is 8.66. The Morgan fingerprint density at radius 2 is 1.78 bits per heavy atom. The van der Waals surface area contributed by atoms with E-state index in [4.69, 9.17) is 0 Å². The van der Waals surface area contributed by atoms with Gasteiger partial charge in [-0.1, -0.05) is 42.0 Å². The molecule has 18 heavy (non-hydrogen) atoms. The topological polar surface area (TPSA) is 20.2 Å². The van der Waals surface area contributed by atoms with Gasteiger partial charge in [-0.15, -0.1) is 11.8 Å². The van der Waals surface area contributed by atoms with Gasteiger partial charge in [0.15, 0.2) is 0 Å². The summed E-state index contributed by atoms with van der Waals surface area (Å²) in [7, 11) is 0. The van der Waals surface area contributed by atoms with Gasteiger partial charge in [0, 0.05) is 10.6 Å². The molecule has 0 bridgehead atoms. The van der Waals surface area contributed by atoms with Crippen LogP contribution in [0.5, 0.6) is 0 Å². The normalized spacial score (nSPS) is 12.4. The lowest BCUT2D eigenvalue weighted by atomic mass is 10.1. The molecule has 3 heteroatoms. The van der Waals surface area contributed by atoms with Gasteiger partial charge in [-0.25, -0.2) is 4.39 Å². The van der Waals surface area contributed by atoms with Crippen LogP contribution in [0.4, 0.5) is 4.39 Å². The molecule has 0 aliphatic heterocycles. The van der Waals surface area contributed by atoms with Crippen molar-refractivity contribution in [2.24, 2.45) is 0 Å². The lowest BCUT2D eigenvalue weighted by Crippen LogP contribution is -2.00. The molecule has 1 atom stereocenters. The number of rotatable bonds is 4. The summed E-state index contributed by atoms with van der Waals surface area (Å²) in [6.45, 7) is 2.00. The highest BCUT2D eigenvalue weighted by Gasteiger charge is 2.09. The number of aliphatic hydroxyl groups is 1. The lowest BCUT2D eigenvalue weighted by Gasteiger charge is -2.11. The molecule has 0 aliphatic carbocycles. The van der Waals surface area contributed by atoms with Crippen molar-refractivity contribution in [1.82, 2.24) is 0 Å². The highest BCUT2D eigenvalue weighted by Crippen LogP contribution is 2.26. The molecule has 2 aromatic rings. The van der Waals surface area contributed by atoms with E-state index in [9.17, 15) is 9.50 Å². The molecule has 0 spiro atoms. The molecular weight excluding hydrogens is 247 g/mol. The van der Waals surface area contributed by atoms with Crippen molar-refractivity contribution in [3.63, 3.8) is 0 Å². The third kappa shape index (κ3) is 3.34. The second kappa shape index (κ2) is 6.03. The Morgan fingerprint density at radius 1 is 1.11 bits per heavy atom. The van der Waals surface area contributed by atoms with Crippen LogP contribution in [0.15, 0.2) is 53.4 Å². The predicted molar refractivity (Wildman–Crippen MR) is 73.3 cm³/mol. The van der Waals surface area contributed by atoms with Gasteiger partial charge in [0.25, 0.3) is 0 Å². The molecule has 0 aliphatic rings. The third-order valence-corrected chi connectivity index (χ3v) is 3.82. The van der Waals surface area contributed by atoms with Gasteiger partial charge in [-0.05, 0) is 24.6 Å². The molecule has 0 saturated carbocycles. The average molecular weight is 262 g/mol. The number of halogens is 1. The molecule has 0 fully saturated rings. The van der Waals surface area contributed by atoms with Crippen molar-refractivity contribution in [1.29, 1.82) is 0 Å². The first kappa shape index (κ1) is 13.1. The molecule has 0 aromatic heterocycles. The number of aliphatic hydroxyl groups excluding tert-OH is 1. The van der Waals surface area contributed by atoms with E-state index in [-0.39, 0.29) is 5.82 Å². The molecule has 2 rings (SSSR count). The number of thioether (sulfide) groups is 1. The monoisotopic (exact) mass is 262 g/mol. The molecular formula is C15H15FOS. The number of benzene rings is 2. The summed E-state index contributed by atoms with van der Waals surface area (Å²) in [5, 5.41) is 10.0. The standard InChI is InChI=1S/C15H15FOS/c1-11-6-8-12(9-7-11)14(17)10-18-15-5-3-2-4-13(15)16/h2-9,14,17H,10H2,1H3. The fourth-order valence-corrected chi connectivity index (χ4v) is 2.53. The maximum Gasteiger partial charge on any atom is 0.136 e. The SMILES string of the molecule is Cc1ccc(C(O)CSc2ccccc2F)cc1. The maximum absolute atomic E-state index is 13.4. The zero-order valence-electron chi connectivity index (χ0n) is 10.1. The van der Waals surface area contributed by atoms with Crippen LogP contribution in [0.3, 0.4) is 0 Å². The molecule has 1 N–H and O–H groups in total. The second-order valence-corrected chi connectivity index (χ2v) is 5.23. The lowest BCUT2D eigenvalue weighted by molar-refractivity contribution is 0.204. The van der Waals surface area contributed by atoms with E-state index < -0.39 is 6.10 Å². The van der Waals surface area contributed by atoms with E-state index >= 15 is 0 Å². The minimum Gasteiger partial charge on any atom is -0.388 e. The van der Waals surface area contributed by atoms with Crippen LogP contribution in [0, 0.1) is 12.7 Å². The van der Waals surface area contributed by atoms with Crippen molar-refractivity contribution in [3.8, 4) is 0 Å². The van der Waals surface area contributed by atoms with E-state index in [0.29, 0.717) is 10.6 Å². The van der Waals surface area contributed by atoms with Crippen LogP contribution in [0.2, 0.25) is 0 Å². The zero-order valence-corrected chi connectivity index (χ0v) is 11.0. The number of hydrogen-bond donors (Lipinski definition) is 1. The minimum absolute atomic E-state index is 0.237. The highest BCUT2D eigenvalue weighted by molar-refractivity contribution is 7.99. The molecule has 0 radical (unpaired) electrons. The molecule has 0 amide bonds. The largest absolute Gasteiger partial charge is 0.388 e. The van der Waals surface area contributed by atoms with Gasteiger partial charge in [-0.3, -0.25) is 0 Å². The first-order valence-corrected chi connectivity index (χ1v) is 6.77. The number of aryl methyl sites for hydroxylation is 1. The molecule has 0 heterocycles. The van der Waals surface area contributed by atoms with Crippen LogP contribution < -0.4 is 0 Å². The summed E-state index contributed by atoms with van der Waals surface area (Å²) in [5.74, 6) is 0.211. The zero-order chi connectivity index (χ0) is 13.0. The highest BCUT2D eigenvalue weighted by atomic mass is 32.2. The summed E-state index contributed by atoms with van der Waals surface area (Å²) in [6, 6.07) is 14.4. The van der Waals surface area contributed by atoms with Crippen molar-refractivity contribution in [3.05, 3.63) is 65.5 Å². The van der Waals surface area contributed by atoms with Gasteiger partial charge in [0.05, 0.1) is 6.10 Å². The van der Waals surface area contributed by atoms with Crippen LogP contribution in [-0.4, -0.2) is 10.9 Å². The van der Waals surface area contributed by atoms with Crippen LogP contribution >= 0.6 is 11.8 Å². The van der Waals surface area contributed by atoms with Crippen molar-refractivity contribution in [2.75, 3.05) is 5.75 Å². The fourth-order valence-electron chi connectivity index (χ4n) is 1.62. The summed E-state index contributed by atoms with van der Waals surface area (Å²) in [6.07, 6.45) is -0.574. The smallest absolute Gasteiger partial charge is 0.136 e. The summed E-state index contributed by atoms with van der Waals surface area (Å²) >= 11 is 1.33. The van der Waals surface area contributed by atoms with E-state index in [0.717, 1.165) is 11.1 Å². The van der Waals surface area contributed by atoms with Crippen LogP contribution in [0.1, 0.15) is 17.2 Å². The van der Waals surface area contributed by atoms with Gasteiger partial charge in [0.2, 0.25) is 0 Å². The Kier molecular flexibility index (Phi) is 4.39. The average Bonchev–Trinajstić information content (AvgIpc) is 2.38. The third-order valence-electron chi connectivity index (χ3n) is 2.70. The Morgan fingerprint density at radius 3 is 2.44 bits per heavy atom. The second-order valence-electron chi connectivity index (χ2n) is 4.17. The van der Waals surface area contributed by atoms with Gasteiger partial charge in [-0.2, -0.15) is 0 Å². The Labute approximate surface area is 111 Å². The van der Waals surface area contributed by atoms with Crippen LogP contribution in [0.25, 0.3) is 0 Å². The van der Waals surface area contributed by atoms with Crippen molar-refractivity contribution >= 4 is 11.8 Å². The first-order valence-electron chi connectivity index (χ1n) is 5.79. The summed E-state index contributed by atoms with van der Waals surface area (Å²) in [5.41, 5.74) is 2.03. The molecule has 2 aromatic carbocycles. The Hall–Kier alpha value is -1.32. The number of hydrogen-bond acceptors (Lipinski definition) is 2. The Balaban J connectivity index is 1.98. The summed E-state index contributed by atoms with van der Waals surface area (Å²) in [4.78, 5) is 0.573. The van der Waals surface area contributed by atoms with E-state index in [1.165, 1.54) is 17.8 Å². The Bertz CT molecular complexity index is 510. The van der Waals surface area contributed by atoms with Gasteiger partial charge >= 0.3 is 0 Å².